The molecule has 28 heavy (non-hydrogen) atoms. The highest BCUT2D eigenvalue weighted by Gasteiger charge is 2.38. The number of nitrogens with zero attached hydrogens (tertiary/aromatic N) is 2. The first kappa shape index (κ1) is 22.9. The van der Waals surface area contributed by atoms with Crippen molar-refractivity contribution in [2.24, 2.45) is 0 Å². The van der Waals surface area contributed by atoms with E-state index in [0.29, 0.717) is 32.1 Å². The van der Waals surface area contributed by atoms with Crippen molar-refractivity contribution in [3.05, 3.63) is 0 Å². The molecule has 0 spiro atoms. The van der Waals surface area contributed by atoms with E-state index < -0.39 is 20.4 Å². The standard InChI is InChI=1S/C21H36N2O4Si/c1-17(24)27-19-11-15-23(20(19)25)13-8-7-12-22-14-9-10-18(22)16-26-28(5,6)21(2,3)4/h18-19H,9-16H2,1-6H3/t18-,19+/m1/s1. The molecule has 0 aliphatic carbocycles. The van der Waals surface area contributed by atoms with Gasteiger partial charge < -0.3 is 14.1 Å². The van der Waals surface area contributed by atoms with E-state index in [1.54, 1.807) is 4.90 Å². The number of amides is 1. The Morgan fingerprint density at radius 1 is 1.18 bits per heavy atom. The number of carbonyl (C=O) groups is 2. The van der Waals surface area contributed by atoms with E-state index >= 15 is 0 Å². The van der Waals surface area contributed by atoms with Crippen LogP contribution in [-0.2, 0) is 18.8 Å². The Kier molecular flexibility index (Phi) is 7.71. The lowest BCUT2D eigenvalue weighted by Gasteiger charge is -2.37. The van der Waals surface area contributed by atoms with Crippen molar-refractivity contribution >= 4 is 20.2 Å². The number of rotatable bonds is 6. The summed E-state index contributed by atoms with van der Waals surface area (Å²) in [5.41, 5.74) is 0. The molecular weight excluding hydrogens is 372 g/mol. The van der Waals surface area contributed by atoms with E-state index in [9.17, 15) is 9.59 Å². The van der Waals surface area contributed by atoms with Gasteiger partial charge in [0, 0.05) is 32.5 Å². The molecule has 2 atom stereocenters. The summed E-state index contributed by atoms with van der Waals surface area (Å²) in [6, 6.07) is 0.435. The average Bonchev–Trinajstić information content (AvgIpc) is 3.16. The molecule has 2 rings (SSSR count). The van der Waals surface area contributed by atoms with Crippen LogP contribution >= 0.6 is 0 Å². The Balaban J connectivity index is 1.78. The molecule has 6 nitrogen and oxygen atoms in total. The van der Waals surface area contributed by atoms with E-state index in [1.807, 2.05) is 0 Å². The lowest BCUT2D eigenvalue weighted by molar-refractivity contribution is -0.154. The summed E-state index contributed by atoms with van der Waals surface area (Å²) < 4.78 is 11.4. The van der Waals surface area contributed by atoms with E-state index in [4.69, 9.17) is 9.16 Å². The van der Waals surface area contributed by atoms with Crippen LogP contribution in [0.4, 0.5) is 0 Å². The fraction of sp³-hybridized carbons (Fsp3) is 0.810. The summed E-state index contributed by atoms with van der Waals surface area (Å²) in [7, 11) is -1.73. The fourth-order valence-corrected chi connectivity index (χ4v) is 4.34. The van der Waals surface area contributed by atoms with Crippen LogP contribution in [0.15, 0.2) is 0 Å². The molecule has 2 aliphatic rings. The first-order valence-corrected chi connectivity index (χ1v) is 13.2. The van der Waals surface area contributed by atoms with Gasteiger partial charge in [-0.1, -0.05) is 32.6 Å². The van der Waals surface area contributed by atoms with E-state index in [2.05, 4.69) is 50.6 Å². The van der Waals surface area contributed by atoms with Crippen LogP contribution in [0.1, 0.15) is 47.0 Å². The number of likely N-dealkylation sites (tertiary alicyclic amines) is 2. The summed E-state index contributed by atoms with van der Waals surface area (Å²) >= 11 is 0. The van der Waals surface area contributed by atoms with Gasteiger partial charge in [-0.25, -0.2) is 0 Å². The smallest absolute Gasteiger partial charge is 0.303 e. The third kappa shape index (κ3) is 6.07. The maximum absolute atomic E-state index is 12.2. The molecule has 2 aliphatic heterocycles. The quantitative estimate of drug-likeness (QED) is 0.384. The van der Waals surface area contributed by atoms with Gasteiger partial charge in [-0.15, -0.1) is 0 Å². The van der Waals surface area contributed by atoms with Crippen molar-refractivity contribution < 1.29 is 18.8 Å². The molecule has 0 aromatic rings. The van der Waals surface area contributed by atoms with Gasteiger partial charge in [-0.2, -0.15) is 0 Å². The molecule has 2 fully saturated rings. The minimum atomic E-state index is -1.73. The summed E-state index contributed by atoms with van der Waals surface area (Å²) in [5.74, 6) is 5.79. The van der Waals surface area contributed by atoms with E-state index in [1.165, 1.54) is 13.3 Å². The second-order valence-corrected chi connectivity index (χ2v) is 14.1. The molecule has 1 amide bonds. The zero-order valence-electron chi connectivity index (χ0n) is 18.3. The lowest BCUT2D eigenvalue weighted by Crippen LogP contribution is -2.44. The highest BCUT2D eigenvalue weighted by molar-refractivity contribution is 6.74. The van der Waals surface area contributed by atoms with Crippen LogP contribution in [-0.4, -0.2) is 74.9 Å². The molecular formula is C21H36N2O4Si. The number of hydrogen-bond acceptors (Lipinski definition) is 5. The average molecular weight is 409 g/mol. The van der Waals surface area contributed by atoms with Gasteiger partial charge in [-0.05, 0) is 37.5 Å². The van der Waals surface area contributed by atoms with Crippen LogP contribution in [0.3, 0.4) is 0 Å². The molecule has 0 radical (unpaired) electrons. The number of carbonyl (C=O) groups excluding carboxylic acids is 2. The van der Waals surface area contributed by atoms with E-state index in [-0.39, 0.29) is 10.9 Å². The van der Waals surface area contributed by atoms with Gasteiger partial charge in [-0.3, -0.25) is 14.5 Å². The van der Waals surface area contributed by atoms with Crippen molar-refractivity contribution in [1.82, 2.24) is 9.80 Å². The van der Waals surface area contributed by atoms with E-state index in [0.717, 1.165) is 19.6 Å². The molecule has 158 valence electrons. The number of esters is 1. The second-order valence-electron chi connectivity index (χ2n) is 9.34. The van der Waals surface area contributed by atoms with Crippen molar-refractivity contribution in [2.75, 3.05) is 32.8 Å². The zero-order chi connectivity index (χ0) is 20.9. The van der Waals surface area contributed by atoms with Crippen LogP contribution in [0, 0.1) is 11.8 Å². The van der Waals surface area contributed by atoms with Crippen molar-refractivity contribution in [3.8, 4) is 11.8 Å². The highest BCUT2D eigenvalue weighted by Crippen LogP contribution is 2.37. The SMILES string of the molecule is CC(=O)O[C@H]1CCN(CC#CCN2CCC[C@@H]2CO[Si](C)(C)C(C)(C)C)C1=O. The molecule has 7 heteroatoms. The Morgan fingerprint density at radius 2 is 1.86 bits per heavy atom. The summed E-state index contributed by atoms with van der Waals surface area (Å²) in [4.78, 5) is 27.3. The molecule has 0 aromatic heterocycles. The third-order valence-corrected chi connectivity index (χ3v) is 10.7. The Morgan fingerprint density at radius 3 is 2.50 bits per heavy atom. The molecule has 0 bridgehead atoms. The first-order valence-electron chi connectivity index (χ1n) is 10.3. The Labute approximate surface area is 171 Å². The summed E-state index contributed by atoms with van der Waals surface area (Å²) in [6.45, 7) is 16.3. The predicted molar refractivity (Wildman–Crippen MR) is 112 cm³/mol. The predicted octanol–water partition coefficient (Wildman–Crippen LogP) is 2.64. The molecule has 2 heterocycles. The number of hydrogen-bond donors (Lipinski definition) is 0. The normalized spacial score (nSPS) is 23.6. The van der Waals surface area contributed by atoms with Gasteiger partial charge in [0.1, 0.15) is 0 Å². The zero-order valence-corrected chi connectivity index (χ0v) is 19.3. The first-order chi connectivity index (χ1) is 13.0. The Bertz CT molecular complexity index is 633. The van der Waals surface area contributed by atoms with Crippen LogP contribution < -0.4 is 0 Å². The lowest BCUT2D eigenvalue weighted by atomic mass is 10.2. The van der Waals surface area contributed by atoms with Crippen LogP contribution in [0.2, 0.25) is 18.1 Å². The van der Waals surface area contributed by atoms with Crippen molar-refractivity contribution in [1.29, 1.82) is 0 Å². The van der Waals surface area contributed by atoms with Crippen molar-refractivity contribution in [2.45, 2.75) is 77.2 Å². The maximum atomic E-state index is 12.2. The molecule has 0 aromatic carbocycles. The Hall–Kier alpha value is -1.36. The monoisotopic (exact) mass is 408 g/mol. The summed E-state index contributed by atoms with van der Waals surface area (Å²) in [6.07, 6.45) is 2.26. The molecule has 0 saturated carbocycles. The highest BCUT2D eigenvalue weighted by atomic mass is 28.4. The minimum Gasteiger partial charge on any atom is -0.452 e. The number of ether oxygens (including phenoxy) is 1. The molecule has 2 saturated heterocycles. The summed E-state index contributed by atoms with van der Waals surface area (Å²) in [5, 5.41) is 0.225. The topological polar surface area (TPSA) is 59.1 Å². The van der Waals surface area contributed by atoms with Crippen molar-refractivity contribution in [3.63, 3.8) is 0 Å². The van der Waals surface area contributed by atoms with Gasteiger partial charge in [0.05, 0.1) is 13.1 Å². The van der Waals surface area contributed by atoms with Crippen LogP contribution in [0.25, 0.3) is 0 Å². The fourth-order valence-electron chi connectivity index (χ4n) is 3.30. The largest absolute Gasteiger partial charge is 0.452 e. The second kappa shape index (κ2) is 9.42. The van der Waals surface area contributed by atoms with Gasteiger partial charge >= 0.3 is 5.97 Å². The van der Waals surface area contributed by atoms with Gasteiger partial charge in [0.2, 0.25) is 0 Å². The minimum absolute atomic E-state index is 0.133. The van der Waals surface area contributed by atoms with Crippen LogP contribution in [0.5, 0.6) is 0 Å². The van der Waals surface area contributed by atoms with Gasteiger partial charge in [0.15, 0.2) is 14.4 Å². The third-order valence-electron chi connectivity index (χ3n) is 6.18. The molecule has 0 N–H and O–H groups in total. The molecule has 0 unspecified atom stereocenters. The van der Waals surface area contributed by atoms with Gasteiger partial charge in [0.25, 0.3) is 5.91 Å². The maximum Gasteiger partial charge on any atom is 0.303 e.